The van der Waals surface area contributed by atoms with Crippen LogP contribution in [-0.4, -0.2) is 31.4 Å². The van der Waals surface area contributed by atoms with Crippen molar-refractivity contribution in [3.05, 3.63) is 53.8 Å². The molecular formula is C17H18FNO2. The van der Waals surface area contributed by atoms with E-state index in [0.717, 1.165) is 37.6 Å². The van der Waals surface area contributed by atoms with Crippen LogP contribution in [-0.2, 0) is 11.3 Å². The van der Waals surface area contributed by atoms with Crippen LogP contribution >= 0.6 is 0 Å². The second-order valence-electron chi connectivity index (χ2n) is 5.08. The summed E-state index contributed by atoms with van der Waals surface area (Å²) in [6.45, 7) is 2.97. The lowest BCUT2D eigenvalue weighted by molar-refractivity contribution is 0.122. The molecule has 3 rings (SSSR count). The number of hydrogen-bond donors (Lipinski definition) is 1. The van der Waals surface area contributed by atoms with Crippen molar-refractivity contribution in [2.75, 3.05) is 31.2 Å². The molecule has 1 heterocycles. The first kappa shape index (κ1) is 14.0. The maximum Gasteiger partial charge on any atom is 0.136 e. The van der Waals surface area contributed by atoms with Gasteiger partial charge in [-0.15, -0.1) is 0 Å². The van der Waals surface area contributed by atoms with Crippen LogP contribution in [0.4, 0.5) is 10.1 Å². The molecule has 0 amide bonds. The van der Waals surface area contributed by atoms with Crippen molar-refractivity contribution in [1.29, 1.82) is 0 Å². The third-order valence-corrected chi connectivity index (χ3v) is 3.80. The van der Waals surface area contributed by atoms with Gasteiger partial charge in [0.2, 0.25) is 0 Å². The average molecular weight is 287 g/mol. The fraction of sp³-hybridized carbons (Fsp3) is 0.294. The molecule has 1 saturated heterocycles. The quantitative estimate of drug-likeness (QED) is 0.942. The van der Waals surface area contributed by atoms with Crippen molar-refractivity contribution in [1.82, 2.24) is 0 Å². The molecule has 0 aliphatic carbocycles. The van der Waals surface area contributed by atoms with E-state index in [1.165, 1.54) is 0 Å². The smallest absolute Gasteiger partial charge is 0.136 e. The number of aliphatic hydroxyl groups excluding tert-OH is 1. The molecule has 1 aliphatic heterocycles. The molecule has 0 bridgehead atoms. The lowest BCUT2D eigenvalue weighted by Crippen LogP contribution is -2.36. The van der Waals surface area contributed by atoms with Gasteiger partial charge in [-0.25, -0.2) is 4.39 Å². The number of halogens is 1. The van der Waals surface area contributed by atoms with Gasteiger partial charge in [-0.1, -0.05) is 30.3 Å². The molecule has 0 spiro atoms. The van der Waals surface area contributed by atoms with Crippen LogP contribution in [0.5, 0.6) is 0 Å². The Morgan fingerprint density at radius 2 is 1.76 bits per heavy atom. The third kappa shape index (κ3) is 2.91. The van der Waals surface area contributed by atoms with Crippen molar-refractivity contribution in [2.24, 2.45) is 0 Å². The number of rotatable bonds is 3. The molecular weight excluding hydrogens is 269 g/mol. The van der Waals surface area contributed by atoms with Gasteiger partial charge in [0.15, 0.2) is 0 Å². The Hall–Kier alpha value is -1.91. The first-order valence-electron chi connectivity index (χ1n) is 7.11. The van der Waals surface area contributed by atoms with Crippen molar-refractivity contribution in [3.63, 3.8) is 0 Å². The van der Waals surface area contributed by atoms with Gasteiger partial charge in [-0.3, -0.25) is 0 Å². The van der Waals surface area contributed by atoms with E-state index in [-0.39, 0.29) is 12.4 Å². The molecule has 1 fully saturated rings. The Kier molecular flexibility index (Phi) is 4.18. The summed E-state index contributed by atoms with van der Waals surface area (Å²) in [5.41, 5.74) is 2.79. The van der Waals surface area contributed by atoms with Gasteiger partial charge in [0.1, 0.15) is 5.82 Å². The zero-order valence-electron chi connectivity index (χ0n) is 11.8. The predicted octanol–water partition coefficient (Wildman–Crippen LogP) is 2.82. The number of hydrogen-bond acceptors (Lipinski definition) is 3. The molecule has 1 aliphatic rings. The van der Waals surface area contributed by atoms with Gasteiger partial charge in [0.25, 0.3) is 0 Å². The Balaban J connectivity index is 1.87. The topological polar surface area (TPSA) is 32.7 Å². The molecule has 0 aromatic heterocycles. The van der Waals surface area contributed by atoms with Crippen molar-refractivity contribution in [3.8, 4) is 11.1 Å². The van der Waals surface area contributed by atoms with Gasteiger partial charge in [-0.2, -0.15) is 0 Å². The van der Waals surface area contributed by atoms with Crippen molar-refractivity contribution >= 4 is 5.69 Å². The highest BCUT2D eigenvalue weighted by Crippen LogP contribution is 2.27. The van der Waals surface area contributed by atoms with Crippen LogP contribution in [0.15, 0.2) is 42.5 Å². The van der Waals surface area contributed by atoms with E-state index in [2.05, 4.69) is 4.90 Å². The maximum atomic E-state index is 14.2. The molecule has 0 unspecified atom stereocenters. The molecule has 21 heavy (non-hydrogen) atoms. The van der Waals surface area contributed by atoms with Gasteiger partial charge in [0, 0.05) is 29.9 Å². The maximum absolute atomic E-state index is 14.2. The molecule has 2 aromatic rings. The third-order valence-electron chi connectivity index (χ3n) is 3.80. The number of ether oxygens (including phenoxy) is 1. The zero-order chi connectivity index (χ0) is 14.7. The first-order valence-corrected chi connectivity index (χ1v) is 7.11. The number of benzene rings is 2. The van der Waals surface area contributed by atoms with Crippen LogP contribution in [0.2, 0.25) is 0 Å². The number of morpholine rings is 1. The van der Waals surface area contributed by atoms with Crippen LogP contribution in [0.1, 0.15) is 5.56 Å². The molecule has 0 saturated carbocycles. The van der Waals surface area contributed by atoms with E-state index in [1.807, 2.05) is 24.3 Å². The van der Waals surface area contributed by atoms with Crippen molar-refractivity contribution in [2.45, 2.75) is 6.61 Å². The fourth-order valence-electron chi connectivity index (χ4n) is 2.60. The molecule has 0 radical (unpaired) electrons. The average Bonchev–Trinajstić information content (AvgIpc) is 2.56. The first-order chi connectivity index (χ1) is 10.3. The lowest BCUT2D eigenvalue weighted by atomic mass is 10.0. The molecule has 0 atom stereocenters. The van der Waals surface area contributed by atoms with Crippen LogP contribution in [0, 0.1) is 5.82 Å². The van der Waals surface area contributed by atoms with E-state index in [0.29, 0.717) is 11.1 Å². The lowest BCUT2D eigenvalue weighted by Gasteiger charge is -2.29. The largest absolute Gasteiger partial charge is 0.392 e. The fourth-order valence-corrected chi connectivity index (χ4v) is 2.60. The van der Waals surface area contributed by atoms with E-state index < -0.39 is 0 Å². The minimum Gasteiger partial charge on any atom is -0.392 e. The van der Waals surface area contributed by atoms with E-state index >= 15 is 0 Å². The van der Waals surface area contributed by atoms with Crippen LogP contribution in [0.25, 0.3) is 11.1 Å². The van der Waals surface area contributed by atoms with Gasteiger partial charge in [-0.05, 0) is 17.7 Å². The van der Waals surface area contributed by atoms with E-state index in [4.69, 9.17) is 9.84 Å². The minimum atomic E-state index is -0.348. The van der Waals surface area contributed by atoms with Crippen LogP contribution < -0.4 is 4.90 Å². The number of anilines is 1. The van der Waals surface area contributed by atoms with Crippen LogP contribution in [0.3, 0.4) is 0 Å². The summed E-state index contributed by atoms with van der Waals surface area (Å²) in [5.74, 6) is -0.348. The summed E-state index contributed by atoms with van der Waals surface area (Å²) in [4.78, 5) is 2.26. The predicted molar refractivity (Wildman–Crippen MR) is 80.8 cm³/mol. The Morgan fingerprint density at radius 3 is 2.43 bits per heavy atom. The summed E-state index contributed by atoms with van der Waals surface area (Å²) in [6, 6.07) is 12.9. The zero-order valence-corrected chi connectivity index (χ0v) is 11.8. The highest BCUT2D eigenvalue weighted by molar-refractivity contribution is 5.67. The molecule has 1 N–H and O–H groups in total. The summed E-state index contributed by atoms with van der Waals surface area (Å²) in [5, 5.41) is 9.15. The second-order valence-corrected chi connectivity index (χ2v) is 5.08. The van der Waals surface area contributed by atoms with Gasteiger partial charge < -0.3 is 14.7 Å². The number of aliphatic hydroxyl groups is 1. The molecule has 110 valence electrons. The Bertz CT molecular complexity index is 607. The standard InChI is InChI=1S/C17H18FNO2/c18-17-14(12-20)2-1-3-16(17)13-4-6-15(7-5-13)19-8-10-21-11-9-19/h1-7,20H,8-12H2. The summed E-state index contributed by atoms with van der Waals surface area (Å²) in [6.07, 6.45) is 0. The molecule has 2 aromatic carbocycles. The summed E-state index contributed by atoms with van der Waals surface area (Å²) >= 11 is 0. The van der Waals surface area contributed by atoms with E-state index in [1.54, 1.807) is 18.2 Å². The van der Waals surface area contributed by atoms with Gasteiger partial charge in [0.05, 0.1) is 19.8 Å². The summed E-state index contributed by atoms with van der Waals surface area (Å²) < 4.78 is 19.6. The Labute approximate surface area is 123 Å². The monoisotopic (exact) mass is 287 g/mol. The van der Waals surface area contributed by atoms with Gasteiger partial charge >= 0.3 is 0 Å². The highest BCUT2D eigenvalue weighted by atomic mass is 19.1. The van der Waals surface area contributed by atoms with Crippen molar-refractivity contribution < 1.29 is 14.2 Å². The summed E-state index contributed by atoms with van der Waals surface area (Å²) in [7, 11) is 0. The molecule has 3 nitrogen and oxygen atoms in total. The second kappa shape index (κ2) is 6.24. The minimum absolute atomic E-state index is 0.286. The molecule has 4 heteroatoms. The normalized spacial score (nSPS) is 15.2. The SMILES string of the molecule is OCc1cccc(-c2ccc(N3CCOCC3)cc2)c1F. The Morgan fingerprint density at radius 1 is 1.05 bits per heavy atom. The highest BCUT2D eigenvalue weighted by Gasteiger charge is 2.12. The van der Waals surface area contributed by atoms with E-state index in [9.17, 15) is 4.39 Å². The number of nitrogens with zero attached hydrogens (tertiary/aromatic N) is 1.